The maximum Gasteiger partial charge on any atom is 0.238 e. The molecule has 3 aliphatic carbocycles. The van der Waals surface area contributed by atoms with Crippen LogP contribution in [0.3, 0.4) is 0 Å². The monoisotopic (exact) mass is 580 g/mol. The van der Waals surface area contributed by atoms with Gasteiger partial charge in [-0.05, 0) is 62.1 Å². The van der Waals surface area contributed by atoms with E-state index in [1.54, 1.807) is 19.1 Å². The lowest BCUT2D eigenvalue weighted by atomic mass is 9.59. The van der Waals surface area contributed by atoms with Crippen LogP contribution in [0.4, 0.5) is 11.4 Å². The van der Waals surface area contributed by atoms with Crippen LogP contribution in [-0.4, -0.2) is 61.9 Å². The Kier molecular flexibility index (Phi) is 6.58. The van der Waals surface area contributed by atoms with E-state index in [2.05, 4.69) is 4.90 Å². The number of methoxy groups -OCH3 is 1. The first-order valence-electron chi connectivity index (χ1n) is 14.7. The number of ketones is 2. The highest BCUT2D eigenvalue weighted by molar-refractivity contribution is 6.25. The van der Waals surface area contributed by atoms with Crippen molar-refractivity contribution in [3.63, 3.8) is 0 Å². The molecule has 9 nitrogen and oxygen atoms in total. The molecule has 2 heterocycles. The van der Waals surface area contributed by atoms with E-state index in [9.17, 15) is 24.3 Å². The van der Waals surface area contributed by atoms with Crippen molar-refractivity contribution in [2.24, 2.45) is 17.8 Å². The summed E-state index contributed by atoms with van der Waals surface area (Å²) in [6.07, 6.45) is 3.82. The van der Waals surface area contributed by atoms with Crippen LogP contribution in [-0.2, 0) is 23.9 Å². The van der Waals surface area contributed by atoms with Crippen molar-refractivity contribution in [3.05, 3.63) is 82.5 Å². The Balaban J connectivity index is 1.27. The minimum Gasteiger partial charge on any atom is -0.507 e. The Hall–Kier alpha value is -4.50. The molecular formula is C34H32N2O7. The lowest BCUT2D eigenvalue weighted by Crippen LogP contribution is -2.39. The summed E-state index contributed by atoms with van der Waals surface area (Å²) in [5.41, 5.74) is 3.82. The molecule has 7 rings (SSSR count). The zero-order valence-electron chi connectivity index (χ0n) is 24.0. The summed E-state index contributed by atoms with van der Waals surface area (Å²) in [7, 11) is 1.50. The first-order chi connectivity index (χ1) is 20.8. The van der Waals surface area contributed by atoms with E-state index in [1.165, 1.54) is 24.2 Å². The first kappa shape index (κ1) is 27.3. The number of benzene rings is 2. The number of rotatable bonds is 4. The molecule has 2 fully saturated rings. The third kappa shape index (κ3) is 4.25. The molecule has 0 saturated carbocycles. The number of hydrogen-bond acceptors (Lipinski definition) is 8. The van der Waals surface area contributed by atoms with Crippen LogP contribution >= 0.6 is 0 Å². The number of carbonyl (C=O) groups excluding carboxylic acids is 4. The van der Waals surface area contributed by atoms with E-state index in [0.717, 1.165) is 24.4 Å². The summed E-state index contributed by atoms with van der Waals surface area (Å²) in [4.78, 5) is 58.4. The molecule has 5 aliphatic rings. The number of allylic oxidation sites excluding steroid dienone is 6. The van der Waals surface area contributed by atoms with Gasteiger partial charge < -0.3 is 19.5 Å². The van der Waals surface area contributed by atoms with Crippen LogP contribution < -0.4 is 14.5 Å². The molecule has 2 amide bonds. The molecule has 43 heavy (non-hydrogen) atoms. The van der Waals surface area contributed by atoms with Crippen LogP contribution in [0.2, 0.25) is 0 Å². The van der Waals surface area contributed by atoms with Gasteiger partial charge in [-0.2, -0.15) is 0 Å². The average molecular weight is 581 g/mol. The molecule has 0 radical (unpaired) electrons. The van der Waals surface area contributed by atoms with Gasteiger partial charge in [0.25, 0.3) is 0 Å². The molecule has 1 N–H and O–H groups in total. The minimum atomic E-state index is -0.717. The summed E-state index contributed by atoms with van der Waals surface area (Å²) in [5, 5.41) is 11.1. The minimum absolute atomic E-state index is 0.0674. The van der Waals surface area contributed by atoms with E-state index >= 15 is 0 Å². The quantitative estimate of drug-likeness (QED) is 0.330. The number of amides is 2. The standard InChI is InChI=1S/C34H32N2O7/c1-18-15-28(38)31-26(32(18)39)17-25-22(29(31)23-8-7-21(42-2)16-27(23)37)9-10-24-30(25)34(41)36(33(24)40)20-5-3-19(4-6-20)35-11-13-43-14-12-35/h3-9,15-16,24-25,29-30,37H,10-14,17H2,1-2H3. The molecule has 9 heteroatoms. The third-order valence-corrected chi connectivity index (χ3v) is 9.59. The molecule has 0 aromatic heterocycles. The van der Waals surface area contributed by atoms with Crippen molar-refractivity contribution in [1.29, 1.82) is 0 Å². The van der Waals surface area contributed by atoms with Gasteiger partial charge in [0.2, 0.25) is 11.8 Å². The van der Waals surface area contributed by atoms with Crippen LogP contribution in [0, 0.1) is 17.8 Å². The topological polar surface area (TPSA) is 113 Å². The van der Waals surface area contributed by atoms with E-state index in [-0.39, 0.29) is 35.6 Å². The number of aromatic hydroxyl groups is 1. The summed E-state index contributed by atoms with van der Waals surface area (Å²) in [6, 6.07) is 12.4. The molecular weight excluding hydrogens is 548 g/mol. The maximum absolute atomic E-state index is 14.2. The zero-order valence-corrected chi connectivity index (χ0v) is 24.0. The van der Waals surface area contributed by atoms with E-state index in [1.807, 2.05) is 30.3 Å². The van der Waals surface area contributed by atoms with Crippen molar-refractivity contribution < 1.29 is 33.8 Å². The molecule has 2 aromatic rings. The van der Waals surface area contributed by atoms with Crippen molar-refractivity contribution in [3.8, 4) is 11.5 Å². The Morgan fingerprint density at radius 1 is 0.930 bits per heavy atom. The Labute approximate surface area is 249 Å². The van der Waals surface area contributed by atoms with Crippen molar-refractivity contribution in [2.75, 3.05) is 43.2 Å². The molecule has 220 valence electrons. The van der Waals surface area contributed by atoms with E-state index < -0.39 is 23.7 Å². The highest BCUT2D eigenvalue weighted by Gasteiger charge is 2.56. The number of anilines is 2. The van der Waals surface area contributed by atoms with Gasteiger partial charge >= 0.3 is 0 Å². The molecule has 2 aliphatic heterocycles. The van der Waals surface area contributed by atoms with Gasteiger partial charge in [-0.25, -0.2) is 0 Å². The Bertz CT molecular complexity index is 1660. The van der Waals surface area contributed by atoms with Gasteiger partial charge in [0.15, 0.2) is 11.6 Å². The summed E-state index contributed by atoms with van der Waals surface area (Å²) >= 11 is 0. The second-order valence-electron chi connectivity index (χ2n) is 11.8. The number of imide groups is 1. The average Bonchev–Trinajstić information content (AvgIpc) is 3.28. The van der Waals surface area contributed by atoms with Gasteiger partial charge in [-0.1, -0.05) is 17.7 Å². The van der Waals surface area contributed by atoms with Gasteiger partial charge in [0.1, 0.15) is 11.5 Å². The van der Waals surface area contributed by atoms with E-state index in [0.29, 0.717) is 53.4 Å². The second kappa shape index (κ2) is 10.3. The number of morpholine rings is 1. The van der Waals surface area contributed by atoms with Crippen LogP contribution in [0.5, 0.6) is 11.5 Å². The highest BCUT2D eigenvalue weighted by atomic mass is 16.5. The fraction of sp³-hybridized carbons (Fsp3) is 0.353. The fourth-order valence-corrected chi connectivity index (χ4v) is 7.52. The number of fused-ring (bicyclic) bond motifs is 3. The maximum atomic E-state index is 14.2. The predicted octanol–water partition coefficient (Wildman–Crippen LogP) is 3.87. The van der Waals surface area contributed by atoms with Gasteiger partial charge in [-0.3, -0.25) is 24.1 Å². The number of Topliss-reactive ketones (excluding diaryl/α,β-unsaturated/α-hetero) is 1. The van der Waals surface area contributed by atoms with Crippen molar-refractivity contribution >= 4 is 34.8 Å². The predicted molar refractivity (Wildman–Crippen MR) is 158 cm³/mol. The Morgan fingerprint density at radius 3 is 2.35 bits per heavy atom. The zero-order chi connectivity index (χ0) is 30.0. The molecule has 2 saturated heterocycles. The smallest absolute Gasteiger partial charge is 0.238 e. The van der Waals surface area contributed by atoms with Crippen molar-refractivity contribution in [2.45, 2.75) is 25.7 Å². The third-order valence-electron chi connectivity index (χ3n) is 9.59. The lowest BCUT2D eigenvalue weighted by Gasteiger charge is -2.42. The summed E-state index contributed by atoms with van der Waals surface area (Å²) in [5.74, 6) is -3.12. The Morgan fingerprint density at radius 2 is 1.65 bits per heavy atom. The largest absolute Gasteiger partial charge is 0.507 e. The number of phenolic OH excluding ortho intramolecular Hbond substituents is 1. The molecule has 2 aromatic carbocycles. The molecule has 0 bridgehead atoms. The molecule has 4 atom stereocenters. The summed E-state index contributed by atoms with van der Waals surface area (Å²) < 4.78 is 10.7. The molecule has 0 spiro atoms. The van der Waals surface area contributed by atoms with Gasteiger partial charge in [0, 0.05) is 53.0 Å². The fourth-order valence-electron chi connectivity index (χ4n) is 7.52. The highest BCUT2D eigenvalue weighted by Crippen LogP contribution is 2.56. The van der Waals surface area contributed by atoms with Gasteiger partial charge in [-0.15, -0.1) is 0 Å². The number of carbonyl (C=O) groups is 4. The second-order valence-corrected chi connectivity index (χ2v) is 11.8. The lowest BCUT2D eigenvalue weighted by molar-refractivity contribution is -0.123. The SMILES string of the molecule is COc1ccc(C2C3=CCC4C(=O)N(c5ccc(N6CCOCC6)cc5)C(=O)C4C3CC3=C2C(=O)C=C(C)C3=O)c(O)c1. The van der Waals surface area contributed by atoms with Crippen LogP contribution in [0.15, 0.2) is 76.9 Å². The number of ether oxygens (including phenoxy) is 2. The van der Waals surface area contributed by atoms with Crippen LogP contribution in [0.1, 0.15) is 31.2 Å². The van der Waals surface area contributed by atoms with E-state index in [4.69, 9.17) is 9.47 Å². The van der Waals surface area contributed by atoms with Crippen molar-refractivity contribution in [1.82, 2.24) is 0 Å². The van der Waals surface area contributed by atoms with Crippen LogP contribution in [0.25, 0.3) is 0 Å². The first-order valence-corrected chi connectivity index (χ1v) is 14.7. The number of hydrogen-bond donors (Lipinski definition) is 1. The summed E-state index contributed by atoms with van der Waals surface area (Å²) in [6.45, 7) is 4.48. The number of phenols is 1. The van der Waals surface area contributed by atoms with Gasteiger partial charge in [0.05, 0.1) is 37.8 Å². The molecule has 4 unspecified atom stereocenters. The number of nitrogens with zero attached hydrogens (tertiary/aromatic N) is 2. The normalized spacial score (nSPS) is 27.0.